The van der Waals surface area contributed by atoms with Gasteiger partial charge in [-0.2, -0.15) is 0 Å². The summed E-state index contributed by atoms with van der Waals surface area (Å²) in [6, 6.07) is 21.7. The van der Waals surface area contributed by atoms with Gasteiger partial charge >= 0.3 is 0 Å². The van der Waals surface area contributed by atoms with Crippen molar-refractivity contribution in [2.24, 2.45) is 4.99 Å². The molecule has 5 nitrogen and oxygen atoms in total. The maximum absolute atomic E-state index is 13.2. The molecule has 1 saturated heterocycles. The molecule has 0 aromatic heterocycles. The number of rotatable bonds is 9. The monoisotopic (exact) mass is 676 g/mol. The van der Waals surface area contributed by atoms with Crippen molar-refractivity contribution >= 4 is 73.1 Å². The van der Waals surface area contributed by atoms with Crippen molar-refractivity contribution in [3.05, 3.63) is 90.8 Å². The number of amides is 1. The van der Waals surface area contributed by atoms with Gasteiger partial charge < -0.3 is 9.47 Å². The number of ether oxygens (including phenoxy) is 2. The van der Waals surface area contributed by atoms with Gasteiger partial charge in [0, 0.05) is 11.0 Å². The van der Waals surface area contributed by atoms with Crippen molar-refractivity contribution < 1.29 is 14.3 Å². The molecule has 3 aromatic carbocycles. The molecular formula is C28H26BrIN2O3S. The lowest BCUT2D eigenvalue weighted by Gasteiger charge is -2.15. The Hall–Kier alpha value is -2.30. The first-order valence-corrected chi connectivity index (χ1v) is 14.4. The average Bonchev–Trinajstić information content (AvgIpc) is 3.14. The molecule has 0 bridgehead atoms. The van der Waals surface area contributed by atoms with Crippen molar-refractivity contribution in [1.29, 1.82) is 0 Å². The van der Waals surface area contributed by atoms with E-state index >= 15 is 0 Å². The Bertz CT molecular complexity index is 1280. The van der Waals surface area contributed by atoms with Crippen LogP contribution in [0.5, 0.6) is 11.5 Å². The fraction of sp³-hybridized carbons (Fsp3) is 0.214. The van der Waals surface area contributed by atoms with Gasteiger partial charge in [0.1, 0.15) is 6.61 Å². The third-order valence-electron chi connectivity index (χ3n) is 5.24. The van der Waals surface area contributed by atoms with E-state index in [0.717, 1.165) is 31.3 Å². The van der Waals surface area contributed by atoms with Gasteiger partial charge in [0.15, 0.2) is 16.7 Å². The highest BCUT2D eigenvalue weighted by Gasteiger charge is 2.33. The van der Waals surface area contributed by atoms with Crippen LogP contribution >= 0.6 is 50.3 Å². The van der Waals surface area contributed by atoms with Gasteiger partial charge in [-0.1, -0.05) is 53.2 Å². The molecular weight excluding hydrogens is 651 g/mol. The molecule has 3 aromatic rings. The van der Waals surface area contributed by atoms with E-state index in [0.29, 0.717) is 41.3 Å². The topological polar surface area (TPSA) is 51.1 Å². The molecule has 36 heavy (non-hydrogen) atoms. The molecule has 1 aliphatic rings. The number of nitrogens with zero attached hydrogens (tertiary/aromatic N) is 2. The summed E-state index contributed by atoms with van der Waals surface area (Å²) in [5.74, 6) is 1.33. The van der Waals surface area contributed by atoms with Crippen LogP contribution in [0.15, 0.2) is 81.1 Å². The average molecular weight is 677 g/mol. The molecule has 1 heterocycles. The molecule has 0 N–H and O–H groups in total. The van der Waals surface area contributed by atoms with Gasteiger partial charge in [-0.25, -0.2) is 4.99 Å². The van der Waals surface area contributed by atoms with Crippen LogP contribution in [0.25, 0.3) is 6.08 Å². The lowest BCUT2D eigenvalue weighted by molar-refractivity contribution is -0.122. The van der Waals surface area contributed by atoms with Crippen LogP contribution in [0.1, 0.15) is 31.4 Å². The third kappa shape index (κ3) is 6.72. The van der Waals surface area contributed by atoms with Crippen LogP contribution in [0.2, 0.25) is 0 Å². The van der Waals surface area contributed by atoms with Gasteiger partial charge in [-0.15, -0.1) is 0 Å². The van der Waals surface area contributed by atoms with Crippen LogP contribution in [0.4, 0.5) is 5.69 Å². The number of thioether (sulfide) groups is 1. The van der Waals surface area contributed by atoms with E-state index in [1.54, 1.807) is 4.90 Å². The van der Waals surface area contributed by atoms with Crippen molar-refractivity contribution in [1.82, 2.24) is 4.90 Å². The minimum Gasteiger partial charge on any atom is -0.490 e. The molecule has 0 atom stereocenters. The smallest absolute Gasteiger partial charge is 0.266 e. The summed E-state index contributed by atoms with van der Waals surface area (Å²) in [7, 11) is 0. The van der Waals surface area contributed by atoms with Crippen LogP contribution in [-0.2, 0) is 11.4 Å². The Labute approximate surface area is 238 Å². The zero-order chi connectivity index (χ0) is 25.5. The summed E-state index contributed by atoms with van der Waals surface area (Å²) in [6.07, 6.45) is 2.76. The highest BCUT2D eigenvalue weighted by Crippen LogP contribution is 2.38. The number of halogens is 2. The first-order chi connectivity index (χ1) is 17.5. The molecule has 1 aliphatic heterocycles. The van der Waals surface area contributed by atoms with E-state index in [1.165, 1.54) is 11.8 Å². The van der Waals surface area contributed by atoms with Crippen LogP contribution in [0, 0.1) is 3.57 Å². The van der Waals surface area contributed by atoms with Gasteiger partial charge in [0.05, 0.1) is 20.8 Å². The normalized spacial score (nSPS) is 15.7. The molecule has 0 saturated carbocycles. The SMILES string of the molecule is CCCN1C(=O)/C(=C\c2cc(I)c(OCc3ccc(Br)cc3)c(OCC)c2)SC1=Nc1ccccc1. The van der Waals surface area contributed by atoms with E-state index < -0.39 is 0 Å². The lowest BCUT2D eigenvalue weighted by atomic mass is 10.1. The molecule has 0 aliphatic carbocycles. The van der Waals surface area contributed by atoms with E-state index in [4.69, 9.17) is 14.5 Å². The molecule has 0 spiro atoms. The lowest BCUT2D eigenvalue weighted by Crippen LogP contribution is -2.29. The quantitative estimate of drug-likeness (QED) is 0.170. The zero-order valence-corrected chi connectivity index (χ0v) is 24.6. The highest BCUT2D eigenvalue weighted by atomic mass is 127. The molecule has 4 rings (SSSR count). The summed E-state index contributed by atoms with van der Waals surface area (Å²) >= 11 is 7.13. The number of carbonyl (C=O) groups excluding carboxylic acids is 1. The van der Waals surface area contributed by atoms with E-state index in [2.05, 4.69) is 45.4 Å². The largest absolute Gasteiger partial charge is 0.490 e. The Morgan fingerprint density at radius 3 is 2.50 bits per heavy atom. The third-order valence-corrected chi connectivity index (χ3v) is 7.58. The van der Waals surface area contributed by atoms with Crippen LogP contribution in [0.3, 0.4) is 0 Å². The van der Waals surface area contributed by atoms with Crippen molar-refractivity contribution in [3.63, 3.8) is 0 Å². The number of aliphatic imine (C=N–C) groups is 1. The number of hydrogen-bond acceptors (Lipinski definition) is 5. The Morgan fingerprint density at radius 1 is 1.06 bits per heavy atom. The zero-order valence-electron chi connectivity index (χ0n) is 20.0. The van der Waals surface area contributed by atoms with E-state index in [9.17, 15) is 4.79 Å². The number of hydrogen-bond donors (Lipinski definition) is 0. The van der Waals surface area contributed by atoms with Gasteiger partial charge in [0.25, 0.3) is 5.91 Å². The first kappa shape index (κ1) is 26.8. The second-order valence-corrected chi connectivity index (χ2v) is 11.1. The Morgan fingerprint density at radius 2 is 1.81 bits per heavy atom. The molecule has 1 fully saturated rings. The molecule has 186 valence electrons. The van der Waals surface area contributed by atoms with Gasteiger partial charge in [0.2, 0.25) is 0 Å². The van der Waals surface area contributed by atoms with Gasteiger partial charge in [-0.3, -0.25) is 9.69 Å². The van der Waals surface area contributed by atoms with Crippen molar-refractivity contribution in [3.8, 4) is 11.5 Å². The fourth-order valence-electron chi connectivity index (χ4n) is 3.59. The number of para-hydroxylation sites is 1. The number of benzene rings is 3. The maximum atomic E-state index is 13.2. The predicted molar refractivity (Wildman–Crippen MR) is 160 cm³/mol. The minimum absolute atomic E-state index is 0.0277. The minimum atomic E-state index is -0.0277. The Kier molecular flexibility index (Phi) is 9.50. The molecule has 1 amide bonds. The highest BCUT2D eigenvalue weighted by molar-refractivity contribution is 14.1. The van der Waals surface area contributed by atoms with E-state index in [1.807, 2.05) is 79.7 Å². The van der Waals surface area contributed by atoms with Gasteiger partial charge in [-0.05, 0) is 101 Å². The number of amidine groups is 1. The second kappa shape index (κ2) is 12.8. The van der Waals surface area contributed by atoms with E-state index in [-0.39, 0.29) is 5.91 Å². The standard InChI is InChI=1S/C28H26BrIN2O3S/c1-3-14-32-27(33)25(36-28(32)31-22-8-6-5-7-9-22)17-20-15-23(30)26(24(16-20)34-4-2)35-18-19-10-12-21(29)13-11-19/h5-13,15-17H,3-4,14,18H2,1-2H3/b25-17+,31-28?. The maximum Gasteiger partial charge on any atom is 0.266 e. The van der Waals surface area contributed by atoms with Crippen molar-refractivity contribution in [2.45, 2.75) is 26.9 Å². The summed E-state index contributed by atoms with van der Waals surface area (Å²) in [5.41, 5.74) is 2.78. The molecule has 0 unspecified atom stereocenters. The fourth-order valence-corrected chi connectivity index (χ4v) is 5.66. The summed E-state index contributed by atoms with van der Waals surface area (Å²) < 4.78 is 14.0. The van der Waals surface area contributed by atoms with Crippen LogP contribution in [-0.4, -0.2) is 29.1 Å². The van der Waals surface area contributed by atoms with Crippen LogP contribution < -0.4 is 9.47 Å². The number of carbonyl (C=O) groups is 1. The molecule has 0 radical (unpaired) electrons. The predicted octanol–water partition coefficient (Wildman–Crippen LogP) is 8.05. The van der Waals surface area contributed by atoms with Crippen molar-refractivity contribution in [2.75, 3.05) is 13.2 Å². The summed E-state index contributed by atoms with van der Waals surface area (Å²) in [4.78, 5) is 20.4. The summed E-state index contributed by atoms with van der Waals surface area (Å²) in [6.45, 7) is 5.57. The first-order valence-electron chi connectivity index (χ1n) is 11.7. The summed E-state index contributed by atoms with van der Waals surface area (Å²) in [5, 5.41) is 0.702. The second-order valence-electron chi connectivity index (χ2n) is 7.98. The molecule has 8 heteroatoms. The Balaban J connectivity index is 1.61.